The van der Waals surface area contributed by atoms with Gasteiger partial charge >= 0.3 is 0 Å². The molecule has 1 aliphatic rings. The maximum absolute atomic E-state index is 12.7. The standard InChI is InChI=1S/C19H17NO4S/c21-25(22,17-10-8-15(9-11-17)23-12-16-13-24-16)20-19-7-3-5-14-4-1-2-6-18(14)19/h1-11,16,20H,12-13H2. The largest absolute Gasteiger partial charge is 0.491 e. The smallest absolute Gasteiger partial charge is 0.261 e. The normalized spacial score (nSPS) is 16.6. The van der Waals surface area contributed by atoms with E-state index in [1.807, 2.05) is 36.4 Å². The van der Waals surface area contributed by atoms with Gasteiger partial charge in [-0.1, -0.05) is 36.4 Å². The van der Waals surface area contributed by atoms with Gasteiger partial charge in [-0.2, -0.15) is 0 Å². The van der Waals surface area contributed by atoms with Crippen LogP contribution in [0.25, 0.3) is 10.8 Å². The van der Waals surface area contributed by atoms with Crippen molar-refractivity contribution in [2.24, 2.45) is 0 Å². The van der Waals surface area contributed by atoms with Gasteiger partial charge in [0.05, 0.1) is 17.2 Å². The molecule has 0 spiro atoms. The number of sulfonamides is 1. The zero-order chi connectivity index (χ0) is 17.3. The Hall–Kier alpha value is -2.57. The quantitative estimate of drug-likeness (QED) is 0.688. The lowest BCUT2D eigenvalue weighted by Crippen LogP contribution is -2.13. The second-order valence-electron chi connectivity index (χ2n) is 5.87. The van der Waals surface area contributed by atoms with Crippen LogP contribution in [0.5, 0.6) is 5.75 Å². The Morgan fingerprint density at radius 2 is 1.72 bits per heavy atom. The molecule has 1 heterocycles. The summed E-state index contributed by atoms with van der Waals surface area (Å²) in [4.78, 5) is 0.190. The van der Waals surface area contributed by atoms with Crippen molar-refractivity contribution < 1.29 is 17.9 Å². The highest BCUT2D eigenvalue weighted by molar-refractivity contribution is 7.92. The van der Waals surface area contributed by atoms with Crippen LogP contribution in [0.2, 0.25) is 0 Å². The Morgan fingerprint density at radius 3 is 2.48 bits per heavy atom. The predicted molar refractivity (Wildman–Crippen MR) is 96.4 cm³/mol. The molecule has 1 aliphatic heterocycles. The molecule has 1 fully saturated rings. The van der Waals surface area contributed by atoms with Crippen molar-refractivity contribution in [2.75, 3.05) is 17.9 Å². The molecule has 3 aromatic rings. The van der Waals surface area contributed by atoms with Crippen LogP contribution in [0.1, 0.15) is 0 Å². The van der Waals surface area contributed by atoms with Crippen LogP contribution in [-0.4, -0.2) is 27.7 Å². The number of ether oxygens (including phenoxy) is 2. The molecule has 1 atom stereocenters. The Balaban J connectivity index is 1.56. The number of benzene rings is 3. The molecular weight excluding hydrogens is 338 g/mol. The number of rotatable bonds is 6. The van der Waals surface area contributed by atoms with Gasteiger partial charge in [-0.25, -0.2) is 8.42 Å². The van der Waals surface area contributed by atoms with Crippen molar-refractivity contribution in [3.05, 3.63) is 66.7 Å². The Labute approximate surface area is 146 Å². The van der Waals surface area contributed by atoms with Crippen molar-refractivity contribution in [3.8, 4) is 5.75 Å². The highest BCUT2D eigenvalue weighted by atomic mass is 32.2. The van der Waals surface area contributed by atoms with Gasteiger partial charge in [0.15, 0.2) is 0 Å². The molecule has 5 nitrogen and oxygen atoms in total. The SMILES string of the molecule is O=S(=O)(Nc1cccc2ccccc12)c1ccc(OCC2CO2)cc1. The van der Waals surface area contributed by atoms with Crippen LogP contribution >= 0.6 is 0 Å². The number of anilines is 1. The van der Waals surface area contributed by atoms with Gasteiger partial charge in [0.1, 0.15) is 18.5 Å². The maximum Gasteiger partial charge on any atom is 0.261 e. The highest BCUT2D eigenvalue weighted by Gasteiger charge is 2.23. The van der Waals surface area contributed by atoms with E-state index < -0.39 is 10.0 Å². The Morgan fingerprint density at radius 1 is 1.00 bits per heavy atom. The average Bonchev–Trinajstić information content (AvgIpc) is 3.45. The van der Waals surface area contributed by atoms with Gasteiger partial charge in [0.2, 0.25) is 0 Å². The number of nitrogens with one attached hydrogen (secondary N) is 1. The monoisotopic (exact) mass is 355 g/mol. The lowest BCUT2D eigenvalue weighted by molar-refractivity contribution is 0.263. The molecule has 1 saturated heterocycles. The van der Waals surface area contributed by atoms with Gasteiger partial charge in [-0.05, 0) is 35.7 Å². The van der Waals surface area contributed by atoms with Crippen LogP contribution < -0.4 is 9.46 Å². The molecule has 25 heavy (non-hydrogen) atoms. The zero-order valence-electron chi connectivity index (χ0n) is 13.4. The molecule has 0 amide bonds. The number of hydrogen-bond donors (Lipinski definition) is 1. The summed E-state index contributed by atoms with van der Waals surface area (Å²) >= 11 is 0. The first kappa shape index (κ1) is 15.9. The Bertz CT molecular complexity index is 990. The maximum atomic E-state index is 12.7. The first-order valence-electron chi connectivity index (χ1n) is 7.97. The van der Waals surface area contributed by atoms with Crippen molar-refractivity contribution in [1.82, 2.24) is 0 Å². The first-order chi connectivity index (χ1) is 12.1. The molecule has 128 valence electrons. The highest BCUT2D eigenvalue weighted by Crippen LogP contribution is 2.26. The fraction of sp³-hybridized carbons (Fsp3) is 0.158. The molecule has 6 heteroatoms. The number of fused-ring (bicyclic) bond motifs is 1. The van der Waals surface area contributed by atoms with E-state index in [-0.39, 0.29) is 11.0 Å². The molecule has 0 bridgehead atoms. The zero-order valence-corrected chi connectivity index (χ0v) is 14.2. The van der Waals surface area contributed by atoms with Gasteiger partial charge in [0.25, 0.3) is 10.0 Å². The molecule has 4 rings (SSSR count). The van der Waals surface area contributed by atoms with Crippen LogP contribution in [0.4, 0.5) is 5.69 Å². The van der Waals surface area contributed by atoms with Gasteiger partial charge in [-0.15, -0.1) is 0 Å². The summed E-state index contributed by atoms with van der Waals surface area (Å²) in [6, 6.07) is 19.6. The van der Waals surface area contributed by atoms with Crippen LogP contribution in [-0.2, 0) is 14.8 Å². The summed E-state index contributed by atoms with van der Waals surface area (Å²) < 4.78 is 38.6. The molecule has 1 unspecified atom stereocenters. The van der Waals surface area contributed by atoms with Gasteiger partial charge < -0.3 is 9.47 Å². The third-order valence-corrected chi connectivity index (χ3v) is 5.39. The minimum Gasteiger partial charge on any atom is -0.491 e. The summed E-state index contributed by atoms with van der Waals surface area (Å²) in [5, 5.41) is 1.84. The fourth-order valence-corrected chi connectivity index (χ4v) is 3.67. The summed E-state index contributed by atoms with van der Waals surface area (Å²) in [5.74, 6) is 0.625. The fourth-order valence-electron chi connectivity index (χ4n) is 2.59. The molecule has 3 aromatic carbocycles. The lowest BCUT2D eigenvalue weighted by Gasteiger charge is -2.11. The third kappa shape index (κ3) is 3.60. The van der Waals surface area contributed by atoms with Crippen molar-refractivity contribution in [3.63, 3.8) is 0 Å². The second kappa shape index (κ2) is 6.38. The summed E-state index contributed by atoms with van der Waals surface area (Å²) in [6.45, 7) is 1.21. The molecule has 0 saturated carbocycles. The molecule has 1 N–H and O–H groups in total. The van der Waals surface area contributed by atoms with E-state index in [1.165, 1.54) is 12.1 Å². The summed E-state index contributed by atoms with van der Waals surface area (Å²) in [5.41, 5.74) is 0.560. The number of hydrogen-bond acceptors (Lipinski definition) is 4. The van der Waals surface area contributed by atoms with E-state index in [4.69, 9.17) is 9.47 Å². The molecular formula is C19H17NO4S. The van der Waals surface area contributed by atoms with Crippen LogP contribution in [0, 0.1) is 0 Å². The third-order valence-electron chi connectivity index (χ3n) is 4.01. The summed E-state index contributed by atoms with van der Waals surface area (Å²) in [6.07, 6.45) is 0.163. The average molecular weight is 355 g/mol. The van der Waals surface area contributed by atoms with Crippen LogP contribution in [0.15, 0.2) is 71.6 Å². The minimum absolute atomic E-state index is 0.163. The van der Waals surface area contributed by atoms with Crippen molar-refractivity contribution in [2.45, 2.75) is 11.0 Å². The first-order valence-corrected chi connectivity index (χ1v) is 9.45. The number of epoxide rings is 1. The van der Waals surface area contributed by atoms with E-state index >= 15 is 0 Å². The minimum atomic E-state index is -3.67. The second-order valence-corrected chi connectivity index (χ2v) is 7.55. The molecule has 0 aliphatic carbocycles. The van der Waals surface area contributed by atoms with Gasteiger partial charge in [0, 0.05) is 5.39 Å². The van der Waals surface area contributed by atoms with Crippen molar-refractivity contribution >= 4 is 26.5 Å². The van der Waals surface area contributed by atoms with E-state index in [1.54, 1.807) is 18.2 Å². The van der Waals surface area contributed by atoms with Gasteiger partial charge in [-0.3, -0.25) is 4.72 Å². The molecule has 0 aromatic heterocycles. The van der Waals surface area contributed by atoms with E-state index in [0.29, 0.717) is 18.0 Å². The van der Waals surface area contributed by atoms with E-state index in [2.05, 4.69) is 4.72 Å². The molecule has 0 radical (unpaired) electrons. The lowest BCUT2D eigenvalue weighted by atomic mass is 10.1. The Kier molecular flexibility index (Phi) is 4.07. The van der Waals surface area contributed by atoms with E-state index in [0.717, 1.165) is 17.4 Å². The van der Waals surface area contributed by atoms with E-state index in [9.17, 15) is 8.42 Å². The van der Waals surface area contributed by atoms with Crippen molar-refractivity contribution in [1.29, 1.82) is 0 Å². The topological polar surface area (TPSA) is 67.9 Å². The summed E-state index contributed by atoms with van der Waals surface area (Å²) in [7, 11) is -3.67. The van der Waals surface area contributed by atoms with Crippen LogP contribution in [0.3, 0.4) is 0 Å². The predicted octanol–water partition coefficient (Wildman–Crippen LogP) is 3.42.